The zero-order valence-corrected chi connectivity index (χ0v) is 17.4. The lowest BCUT2D eigenvalue weighted by Crippen LogP contribution is -2.40. The van der Waals surface area contributed by atoms with Crippen LogP contribution in [0, 0.1) is 6.92 Å². The summed E-state index contributed by atoms with van der Waals surface area (Å²) in [5.41, 5.74) is 5.29. The first-order chi connectivity index (χ1) is 12.2. The van der Waals surface area contributed by atoms with E-state index in [0.717, 1.165) is 16.7 Å². The molecule has 1 saturated heterocycles. The summed E-state index contributed by atoms with van der Waals surface area (Å²) in [5, 5.41) is 1.33. The normalized spacial score (nSPS) is 17.8. The molecule has 0 saturated carbocycles. The Morgan fingerprint density at radius 2 is 1.62 bits per heavy atom. The number of benzene rings is 2. The van der Waals surface area contributed by atoms with Crippen LogP contribution in [0.4, 0.5) is 0 Å². The Kier molecular flexibility index (Phi) is 5.06. The topological polar surface area (TPSA) is 37.4 Å². The molecule has 0 bridgehead atoms. The van der Waals surface area contributed by atoms with Gasteiger partial charge in [0.05, 0.1) is 4.90 Å². The van der Waals surface area contributed by atoms with Gasteiger partial charge >= 0.3 is 0 Å². The van der Waals surface area contributed by atoms with Crippen molar-refractivity contribution < 1.29 is 8.42 Å². The fourth-order valence-corrected chi connectivity index (χ4v) is 7.03. The molecule has 0 N–H and O–H groups in total. The molecule has 0 aromatic heterocycles. The Labute approximate surface area is 157 Å². The molecule has 0 aliphatic carbocycles. The summed E-state index contributed by atoms with van der Waals surface area (Å²) in [6.45, 7) is 11.4. The van der Waals surface area contributed by atoms with Gasteiger partial charge in [-0.2, -0.15) is 4.31 Å². The van der Waals surface area contributed by atoms with Crippen LogP contribution in [-0.2, 0) is 10.0 Å². The van der Waals surface area contributed by atoms with E-state index < -0.39 is 18.1 Å². The van der Waals surface area contributed by atoms with E-state index in [4.69, 9.17) is 0 Å². The van der Waals surface area contributed by atoms with Crippen LogP contribution in [0.5, 0.6) is 0 Å². The van der Waals surface area contributed by atoms with Gasteiger partial charge in [0.15, 0.2) is 0 Å². The molecule has 0 amide bonds. The van der Waals surface area contributed by atoms with Crippen LogP contribution in [0.1, 0.15) is 5.56 Å². The molecule has 0 unspecified atom stereocenters. The van der Waals surface area contributed by atoms with Crippen molar-refractivity contribution in [1.82, 2.24) is 4.31 Å². The summed E-state index contributed by atoms with van der Waals surface area (Å²) < 4.78 is 27.4. The average Bonchev–Trinajstić information content (AvgIpc) is 2.97. The molecular formula is C21H25NO2SSi. The maximum atomic E-state index is 12.9. The molecule has 5 heteroatoms. The maximum Gasteiger partial charge on any atom is 0.243 e. The van der Waals surface area contributed by atoms with Gasteiger partial charge < -0.3 is 0 Å². The van der Waals surface area contributed by atoms with E-state index in [1.165, 1.54) is 9.49 Å². The third-order valence-electron chi connectivity index (χ3n) is 4.88. The van der Waals surface area contributed by atoms with Crippen LogP contribution in [-0.4, -0.2) is 33.9 Å². The van der Waals surface area contributed by atoms with Crippen molar-refractivity contribution in [3.05, 3.63) is 83.6 Å². The van der Waals surface area contributed by atoms with E-state index in [-0.39, 0.29) is 0 Å². The summed E-state index contributed by atoms with van der Waals surface area (Å²) in [6.07, 6.45) is 0. The Balaban J connectivity index is 1.88. The first kappa shape index (κ1) is 18.8. The highest BCUT2D eigenvalue weighted by Gasteiger charge is 2.33. The summed E-state index contributed by atoms with van der Waals surface area (Å²) in [6, 6.07) is 17.5. The molecule has 2 aromatic rings. The SMILES string of the molecule is C=C1CN(S(=O)(=O)c2ccc(C)cc2)C/C1=C\[Si](C)(C)c1ccccc1. The van der Waals surface area contributed by atoms with Crippen molar-refractivity contribution in [2.75, 3.05) is 13.1 Å². The van der Waals surface area contributed by atoms with Crippen LogP contribution in [0.2, 0.25) is 13.1 Å². The lowest BCUT2D eigenvalue weighted by molar-refractivity contribution is 0.489. The van der Waals surface area contributed by atoms with Crippen molar-refractivity contribution in [3.8, 4) is 0 Å². The zero-order valence-electron chi connectivity index (χ0n) is 15.6. The number of nitrogens with zero attached hydrogens (tertiary/aromatic N) is 1. The maximum absolute atomic E-state index is 12.9. The monoisotopic (exact) mass is 383 g/mol. The molecule has 136 valence electrons. The van der Waals surface area contributed by atoms with E-state index in [0.29, 0.717) is 18.0 Å². The highest BCUT2D eigenvalue weighted by Crippen LogP contribution is 2.28. The molecule has 1 aliphatic heterocycles. The minimum absolute atomic E-state index is 0.344. The Morgan fingerprint density at radius 1 is 1.00 bits per heavy atom. The molecule has 0 atom stereocenters. The van der Waals surface area contributed by atoms with Crippen molar-refractivity contribution in [3.63, 3.8) is 0 Å². The summed E-state index contributed by atoms with van der Waals surface area (Å²) in [7, 11) is -5.30. The van der Waals surface area contributed by atoms with E-state index in [2.05, 4.69) is 49.6 Å². The predicted molar refractivity (Wildman–Crippen MR) is 111 cm³/mol. The number of hydrogen-bond acceptors (Lipinski definition) is 2. The molecule has 2 aromatic carbocycles. The molecule has 26 heavy (non-hydrogen) atoms. The van der Waals surface area contributed by atoms with Gasteiger partial charge in [-0.05, 0) is 30.2 Å². The van der Waals surface area contributed by atoms with Gasteiger partial charge in [-0.15, -0.1) is 0 Å². The number of aryl methyl sites for hydroxylation is 1. The first-order valence-corrected chi connectivity index (χ1v) is 13.2. The highest BCUT2D eigenvalue weighted by molar-refractivity contribution is 7.89. The van der Waals surface area contributed by atoms with E-state index in [1.807, 2.05) is 25.1 Å². The van der Waals surface area contributed by atoms with Crippen molar-refractivity contribution >= 4 is 23.3 Å². The predicted octanol–water partition coefficient (Wildman–Crippen LogP) is 3.64. The van der Waals surface area contributed by atoms with Crippen LogP contribution < -0.4 is 5.19 Å². The third kappa shape index (κ3) is 3.75. The third-order valence-corrected chi connectivity index (χ3v) is 9.58. The molecule has 1 fully saturated rings. The van der Waals surface area contributed by atoms with Gasteiger partial charge in [0, 0.05) is 13.1 Å². The Hall–Kier alpha value is -1.95. The molecule has 1 aliphatic rings. The summed E-state index contributed by atoms with van der Waals surface area (Å²) >= 11 is 0. The summed E-state index contributed by atoms with van der Waals surface area (Å²) in [5.74, 6) is 0. The van der Waals surface area contributed by atoms with Crippen molar-refractivity contribution in [2.45, 2.75) is 24.9 Å². The Bertz CT molecular complexity index is 945. The minimum Gasteiger partial charge on any atom is -0.207 e. The van der Waals surface area contributed by atoms with Crippen LogP contribution in [0.25, 0.3) is 0 Å². The van der Waals surface area contributed by atoms with Crippen LogP contribution in [0.15, 0.2) is 82.9 Å². The Morgan fingerprint density at radius 3 is 2.23 bits per heavy atom. The van der Waals surface area contributed by atoms with Crippen molar-refractivity contribution in [1.29, 1.82) is 0 Å². The largest absolute Gasteiger partial charge is 0.243 e. The van der Waals surface area contributed by atoms with Gasteiger partial charge in [0.1, 0.15) is 8.07 Å². The first-order valence-electron chi connectivity index (χ1n) is 8.72. The second-order valence-electron chi connectivity index (χ2n) is 7.45. The van der Waals surface area contributed by atoms with E-state index >= 15 is 0 Å². The molecular weight excluding hydrogens is 358 g/mol. The van der Waals surface area contributed by atoms with E-state index in [1.54, 1.807) is 12.1 Å². The summed E-state index contributed by atoms with van der Waals surface area (Å²) in [4.78, 5) is 0.344. The second kappa shape index (κ2) is 6.99. The smallest absolute Gasteiger partial charge is 0.207 e. The fourth-order valence-electron chi connectivity index (χ4n) is 3.24. The van der Waals surface area contributed by atoms with Gasteiger partial charge in [-0.25, -0.2) is 8.42 Å². The molecule has 0 radical (unpaired) electrons. The number of hydrogen-bond donors (Lipinski definition) is 0. The minimum atomic E-state index is -3.49. The number of sulfonamides is 1. The molecule has 3 nitrogen and oxygen atoms in total. The standard InChI is InChI=1S/C21H25NO2SSi/c1-17-10-12-20(13-11-17)25(23,24)22-14-18(2)19(15-22)16-26(3,4)21-8-6-5-7-9-21/h5-13,16H,2,14-15H2,1,3-4H3/b19-16+. The fraction of sp³-hybridized carbons (Fsp3) is 0.238. The quantitative estimate of drug-likeness (QED) is 0.756. The second-order valence-corrected chi connectivity index (χ2v) is 13.7. The van der Waals surface area contributed by atoms with Gasteiger partial charge in [-0.1, -0.05) is 78.6 Å². The molecule has 3 rings (SSSR count). The lowest BCUT2D eigenvalue weighted by Gasteiger charge is -2.20. The van der Waals surface area contributed by atoms with Gasteiger partial charge in [-0.3, -0.25) is 0 Å². The van der Waals surface area contributed by atoms with Gasteiger partial charge in [0.2, 0.25) is 10.0 Å². The number of rotatable bonds is 4. The lowest BCUT2D eigenvalue weighted by atomic mass is 10.2. The molecule has 1 heterocycles. The van der Waals surface area contributed by atoms with Crippen molar-refractivity contribution in [2.24, 2.45) is 0 Å². The molecule has 0 spiro atoms. The zero-order chi connectivity index (χ0) is 18.9. The van der Waals surface area contributed by atoms with Crippen LogP contribution >= 0.6 is 0 Å². The van der Waals surface area contributed by atoms with Gasteiger partial charge in [0.25, 0.3) is 0 Å². The van der Waals surface area contributed by atoms with E-state index in [9.17, 15) is 8.42 Å². The highest BCUT2D eigenvalue weighted by atomic mass is 32.2. The average molecular weight is 384 g/mol. The van der Waals surface area contributed by atoms with Crippen LogP contribution in [0.3, 0.4) is 0 Å².